The van der Waals surface area contributed by atoms with Gasteiger partial charge >= 0.3 is 0 Å². The second kappa shape index (κ2) is 7.00. The van der Waals surface area contributed by atoms with Crippen LogP contribution in [-0.4, -0.2) is 63.0 Å². The SMILES string of the molecule is Cc1nc(CCC(=O)N2CCC[C@@]3(CCC(=O)N(CC4CC4)C3)C2)n[nH]1. The van der Waals surface area contributed by atoms with Gasteiger partial charge < -0.3 is 9.80 Å². The molecular weight excluding hydrogens is 330 g/mol. The summed E-state index contributed by atoms with van der Waals surface area (Å²) in [7, 11) is 0. The second-order valence-electron chi connectivity index (χ2n) is 8.47. The molecular formula is C19H29N5O2. The summed E-state index contributed by atoms with van der Waals surface area (Å²) < 4.78 is 0. The molecule has 3 heterocycles. The minimum absolute atomic E-state index is 0.109. The molecule has 1 spiro atoms. The predicted octanol–water partition coefficient (Wildman–Crippen LogP) is 1.69. The van der Waals surface area contributed by atoms with Gasteiger partial charge in [0.1, 0.15) is 5.82 Å². The summed E-state index contributed by atoms with van der Waals surface area (Å²) in [5.41, 5.74) is 0.109. The van der Waals surface area contributed by atoms with Crippen molar-refractivity contribution < 1.29 is 9.59 Å². The lowest BCUT2D eigenvalue weighted by Crippen LogP contribution is -2.55. The van der Waals surface area contributed by atoms with E-state index in [4.69, 9.17) is 0 Å². The quantitative estimate of drug-likeness (QED) is 0.867. The summed E-state index contributed by atoms with van der Waals surface area (Å²) in [5.74, 6) is 2.72. The molecule has 7 nitrogen and oxygen atoms in total. The Morgan fingerprint density at radius 2 is 2.15 bits per heavy atom. The smallest absolute Gasteiger partial charge is 0.223 e. The zero-order chi connectivity index (χ0) is 18.1. The van der Waals surface area contributed by atoms with Gasteiger partial charge in [0, 0.05) is 50.9 Å². The molecule has 1 N–H and O–H groups in total. The molecule has 2 aliphatic heterocycles. The van der Waals surface area contributed by atoms with E-state index >= 15 is 0 Å². The van der Waals surface area contributed by atoms with Gasteiger partial charge in [-0.05, 0) is 44.9 Å². The lowest BCUT2D eigenvalue weighted by Gasteiger charge is -2.48. The molecule has 2 saturated heterocycles. The first kappa shape index (κ1) is 17.5. The fourth-order valence-electron chi connectivity index (χ4n) is 4.51. The largest absolute Gasteiger partial charge is 0.342 e. The maximum atomic E-state index is 12.7. The number of aromatic amines is 1. The predicted molar refractivity (Wildman–Crippen MR) is 96.2 cm³/mol. The van der Waals surface area contributed by atoms with Crippen molar-refractivity contribution in [1.29, 1.82) is 0 Å². The molecule has 0 bridgehead atoms. The van der Waals surface area contributed by atoms with Gasteiger partial charge in [0.25, 0.3) is 0 Å². The number of rotatable bonds is 5. The van der Waals surface area contributed by atoms with Gasteiger partial charge in [-0.3, -0.25) is 14.7 Å². The van der Waals surface area contributed by atoms with Crippen LogP contribution in [0.15, 0.2) is 0 Å². The highest BCUT2D eigenvalue weighted by molar-refractivity contribution is 5.78. The molecule has 1 aromatic rings. The Balaban J connectivity index is 1.35. The topological polar surface area (TPSA) is 82.2 Å². The summed E-state index contributed by atoms with van der Waals surface area (Å²) >= 11 is 0. The molecule has 4 rings (SSSR count). The summed E-state index contributed by atoms with van der Waals surface area (Å²) in [6, 6.07) is 0. The van der Waals surface area contributed by atoms with E-state index in [-0.39, 0.29) is 11.3 Å². The van der Waals surface area contributed by atoms with Crippen LogP contribution in [0.4, 0.5) is 0 Å². The average Bonchev–Trinajstić information content (AvgIpc) is 3.35. The number of amides is 2. The highest BCUT2D eigenvalue weighted by Crippen LogP contribution is 2.40. The van der Waals surface area contributed by atoms with Crippen LogP contribution in [0.25, 0.3) is 0 Å². The lowest BCUT2D eigenvalue weighted by molar-refractivity contribution is -0.143. The van der Waals surface area contributed by atoms with Crippen LogP contribution in [0.2, 0.25) is 0 Å². The number of hydrogen-bond acceptors (Lipinski definition) is 4. The van der Waals surface area contributed by atoms with Crippen molar-refractivity contribution >= 4 is 11.8 Å². The number of nitrogens with zero attached hydrogens (tertiary/aromatic N) is 4. The highest BCUT2D eigenvalue weighted by Gasteiger charge is 2.43. The van der Waals surface area contributed by atoms with Crippen LogP contribution < -0.4 is 0 Å². The Labute approximate surface area is 154 Å². The third-order valence-electron chi connectivity index (χ3n) is 6.14. The molecule has 1 saturated carbocycles. The summed E-state index contributed by atoms with van der Waals surface area (Å²) in [6.07, 6.45) is 7.31. The van der Waals surface area contributed by atoms with E-state index in [0.717, 1.165) is 57.2 Å². The molecule has 1 aliphatic carbocycles. The average molecular weight is 359 g/mol. The van der Waals surface area contributed by atoms with E-state index in [1.165, 1.54) is 12.8 Å². The standard InChI is InChI=1S/C19H29N5O2/c1-14-20-16(22-21-14)5-6-17(25)23-10-2-8-19(12-23)9-7-18(26)24(13-19)11-15-3-4-15/h15H,2-13H2,1H3,(H,20,21,22)/t19-/m1/s1. The van der Waals surface area contributed by atoms with E-state index in [9.17, 15) is 9.59 Å². The van der Waals surface area contributed by atoms with Crippen LogP contribution in [0.5, 0.6) is 0 Å². The molecule has 0 unspecified atom stereocenters. The third-order valence-corrected chi connectivity index (χ3v) is 6.14. The molecule has 7 heteroatoms. The maximum Gasteiger partial charge on any atom is 0.223 e. The number of piperidine rings is 2. The van der Waals surface area contributed by atoms with Crippen molar-refractivity contribution in [2.24, 2.45) is 11.3 Å². The van der Waals surface area contributed by atoms with Crippen LogP contribution in [0.1, 0.15) is 56.6 Å². The van der Waals surface area contributed by atoms with Crippen LogP contribution in [0.3, 0.4) is 0 Å². The molecule has 1 aromatic heterocycles. The number of H-pyrrole nitrogens is 1. The summed E-state index contributed by atoms with van der Waals surface area (Å²) in [6.45, 7) is 5.27. The first-order valence-electron chi connectivity index (χ1n) is 9.96. The highest BCUT2D eigenvalue weighted by atomic mass is 16.2. The maximum absolute atomic E-state index is 12.7. The van der Waals surface area contributed by atoms with Crippen molar-refractivity contribution in [3.8, 4) is 0 Å². The van der Waals surface area contributed by atoms with Crippen LogP contribution in [-0.2, 0) is 16.0 Å². The van der Waals surface area contributed by atoms with E-state index in [0.29, 0.717) is 31.0 Å². The number of hydrogen-bond donors (Lipinski definition) is 1. The van der Waals surface area contributed by atoms with Crippen molar-refractivity contribution in [2.75, 3.05) is 26.2 Å². The monoisotopic (exact) mass is 359 g/mol. The minimum Gasteiger partial charge on any atom is -0.342 e. The van der Waals surface area contributed by atoms with Gasteiger partial charge in [-0.15, -0.1) is 0 Å². The second-order valence-corrected chi connectivity index (χ2v) is 8.47. The van der Waals surface area contributed by atoms with E-state index in [1.54, 1.807) is 0 Å². The Morgan fingerprint density at radius 1 is 1.31 bits per heavy atom. The Hall–Kier alpha value is -1.92. The van der Waals surface area contributed by atoms with Gasteiger partial charge in [-0.2, -0.15) is 5.10 Å². The van der Waals surface area contributed by atoms with Gasteiger partial charge in [0.15, 0.2) is 5.82 Å². The number of likely N-dealkylation sites (tertiary alicyclic amines) is 2. The van der Waals surface area contributed by atoms with E-state index in [1.807, 2.05) is 11.8 Å². The molecule has 0 aromatic carbocycles. The number of nitrogens with one attached hydrogen (secondary N) is 1. The molecule has 3 fully saturated rings. The zero-order valence-electron chi connectivity index (χ0n) is 15.7. The fraction of sp³-hybridized carbons (Fsp3) is 0.789. The van der Waals surface area contributed by atoms with Gasteiger partial charge in [-0.25, -0.2) is 4.98 Å². The zero-order valence-corrected chi connectivity index (χ0v) is 15.7. The Morgan fingerprint density at radius 3 is 2.88 bits per heavy atom. The van der Waals surface area contributed by atoms with Crippen LogP contribution >= 0.6 is 0 Å². The van der Waals surface area contributed by atoms with Crippen molar-refractivity contribution in [2.45, 2.75) is 58.3 Å². The van der Waals surface area contributed by atoms with Crippen molar-refractivity contribution in [3.05, 3.63) is 11.6 Å². The Kier molecular flexibility index (Phi) is 4.71. The van der Waals surface area contributed by atoms with Gasteiger partial charge in [0.05, 0.1) is 0 Å². The first-order valence-corrected chi connectivity index (χ1v) is 9.96. The molecule has 1 atom stereocenters. The molecule has 2 amide bonds. The molecule has 26 heavy (non-hydrogen) atoms. The van der Waals surface area contributed by atoms with E-state index in [2.05, 4.69) is 20.1 Å². The first-order chi connectivity index (χ1) is 12.5. The fourth-order valence-corrected chi connectivity index (χ4v) is 4.51. The van der Waals surface area contributed by atoms with Gasteiger partial charge in [0.2, 0.25) is 11.8 Å². The van der Waals surface area contributed by atoms with Crippen molar-refractivity contribution in [1.82, 2.24) is 25.0 Å². The molecule has 0 radical (unpaired) electrons. The normalized spacial score (nSPS) is 26.6. The number of carbonyl (C=O) groups excluding carboxylic acids is 2. The Bertz CT molecular complexity index is 683. The van der Waals surface area contributed by atoms with Gasteiger partial charge in [-0.1, -0.05) is 0 Å². The summed E-state index contributed by atoms with van der Waals surface area (Å²) in [5, 5.41) is 6.94. The lowest BCUT2D eigenvalue weighted by atomic mass is 9.73. The number of carbonyl (C=O) groups is 2. The number of aryl methyl sites for hydroxylation is 2. The van der Waals surface area contributed by atoms with Crippen molar-refractivity contribution in [3.63, 3.8) is 0 Å². The van der Waals surface area contributed by atoms with Crippen LogP contribution in [0, 0.1) is 18.3 Å². The summed E-state index contributed by atoms with van der Waals surface area (Å²) in [4.78, 5) is 33.4. The third kappa shape index (κ3) is 3.91. The number of aromatic nitrogens is 3. The van der Waals surface area contributed by atoms with E-state index < -0.39 is 0 Å². The molecule has 142 valence electrons. The molecule has 3 aliphatic rings. The minimum atomic E-state index is 0.109.